The number of esters is 1. The van der Waals surface area contributed by atoms with Crippen molar-refractivity contribution in [2.24, 2.45) is 0 Å². The summed E-state index contributed by atoms with van der Waals surface area (Å²) in [7, 11) is 0. The Hall–Kier alpha value is -2.82. The molecule has 0 bridgehead atoms. The highest BCUT2D eigenvalue weighted by atomic mass is 16.7. The molecule has 0 N–H and O–H groups in total. The van der Waals surface area contributed by atoms with E-state index in [0.717, 1.165) is 5.56 Å². The van der Waals surface area contributed by atoms with Gasteiger partial charge >= 0.3 is 5.97 Å². The van der Waals surface area contributed by atoms with Crippen LogP contribution in [0.1, 0.15) is 29.3 Å². The van der Waals surface area contributed by atoms with Crippen molar-refractivity contribution in [2.45, 2.75) is 25.9 Å². The van der Waals surface area contributed by atoms with Gasteiger partial charge in [0.05, 0.1) is 0 Å². The average Bonchev–Trinajstić information content (AvgIpc) is 3.07. The lowest BCUT2D eigenvalue weighted by atomic mass is 10.1. The molecule has 0 radical (unpaired) electrons. The van der Waals surface area contributed by atoms with Gasteiger partial charge in [0.15, 0.2) is 17.6 Å². The topological polar surface area (TPSA) is 61.8 Å². The molecule has 24 heavy (non-hydrogen) atoms. The molecule has 0 amide bonds. The largest absolute Gasteiger partial charge is 0.454 e. The lowest BCUT2D eigenvalue weighted by molar-refractivity contribution is -0.146. The monoisotopic (exact) mass is 326 g/mol. The second-order valence-corrected chi connectivity index (χ2v) is 5.55. The van der Waals surface area contributed by atoms with E-state index in [1.807, 2.05) is 24.3 Å². The fourth-order valence-corrected chi connectivity index (χ4v) is 2.49. The van der Waals surface area contributed by atoms with Crippen LogP contribution in [0.3, 0.4) is 0 Å². The number of carbonyl (C=O) groups is 2. The second-order valence-electron chi connectivity index (χ2n) is 5.55. The number of hydrogen-bond acceptors (Lipinski definition) is 5. The van der Waals surface area contributed by atoms with Gasteiger partial charge in [-0.25, -0.2) is 0 Å². The molecule has 0 saturated carbocycles. The normalized spacial score (nSPS) is 13.4. The Labute approximate surface area is 140 Å². The first kappa shape index (κ1) is 16.1. The van der Waals surface area contributed by atoms with E-state index in [1.54, 1.807) is 31.2 Å². The molecule has 0 unspecified atom stereocenters. The Kier molecular flexibility index (Phi) is 4.79. The summed E-state index contributed by atoms with van der Waals surface area (Å²) >= 11 is 0. The molecular weight excluding hydrogens is 308 g/mol. The van der Waals surface area contributed by atoms with E-state index < -0.39 is 12.1 Å². The molecule has 5 heteroatoms. The summed E-state index contributed by atoms with van der Waals surface area (Å²) in [5.41, 5.74) is 1.49. The highest BCUT2D eigenvalue weighted by Gasteiger charge is 2.19. The zero-order valence-corrected chi connectivity index (χ0v) is 13.4. The number of rotatable bonds is 6. The maximum atomic E-state index is 12.2. The summed E-state index contributed by atoms with van der Waals surface area (Å²) < 4.78 is 15.8. The lowest BCUT2D eigenvalue weighted by Crippen LogP contribution is -2.24. The second kappa shape index (κ2) is 7.17. The van der Waals surface area contributed by atoms with Crippen LogP contribution in [0.25, 0.3) is 0 Å². The SMILES string of the molecule is C[C@H](OC(=O)CCc1ccc2c(c1)OCO2)C(=O)c1ccccc1. The molecule has 1 aliphatic heterocycles. The first-order valence-electron chi connectivity index (χ1n) is 7.81. The van der Waals surface area contributed by atoms with Crippen LogP contribution in [0.15, 0.2) is 48.5 Å². The third-order valence-corrected chi connectivity index (χ3v) is 3.79. The van der Waals surface area contributed by atoms with Gasteiger partial charge in [-0.3, -0.25) is 9.59 Å². The summed E-state index contributed by atoms with van der Waals surface area (Å²) in [5, 5.41) is 0. The van der Waals surface area contributed by atoms with E-state index in [-0.39, 0.29) is 19.0 Å². The van der Waals surface area contributed by atoms with Crippen molar-refractivity contribution in [1.82, 2.24) is 0 Å². The van der Waals surface area contributed by atoms with Gasteiger partial charge < -0.3 is 14.2 Å². The Morgan fingerprint density at radius 1 is 1.08 bits per heavy atom. The molecule has 2 aromatic carbocycles. The van der Waals surface area contributed by atoms with Gasteiger partial charge in [0, 0.05) is 12.0 Å². The molecule has 3 rings (SSSR count). The van der Waals surface area contributed by atoms with Crippen LogP contribution in [0.2, 0.25) is 0 Å². The van der Waals surface area contributed by atoms with Crippen LogP contribution in [-0.2, 0) is 16.0 Å². The van der Waals surface area contributed by atoms with Crippen molar-refractivity contribution in [3.05, 3.63) is 59.7 Å². The minimum atomic E-state index is -0.795. The predicted octanol–water partition coefficient (Wildman–Crippen LogP) is 3.16. The number of fused-ring (bicyclic) bond motifs is 1. The molecule has 2 aromatic rings. The van der Waals surface area contributed by atoms with Gasteiger partial charge in [-0.05, 0) is 31.0 Å². The van der Waals surface area contributed by atoms with E-state index in [1.165, 1.54) is 0 Å². The Morgan fingerprint density at radius 3 is 2.62 bits per heavy atom. The number of hydrogen-bond donors (Lipinski definition) is 0. The smallest absolute Gasteiger partial charge is 0.306 e. The molecule has 0 saturated heterocycles. The minimum Gasteiger partial charge on any atom is -0.454 e. The van der Waals surface area contributed by atoms with Gasteiger partial charge in [0.25, 0.3) is 0 Å². The quantitative estimate of drug-likeness (QED) is 0.603. The summed E-state index contributed by atoms with van der Waals surface area (Å²) in [6, 6.07) is 14.4. The first-order valence-corrected chi connectivity index (χ1v) is 7.81. The van der Waals surface area contributed by atoms with E-state index in [2.05, 4.69) is 0 Å². The van der Waals surface area contributed by atoms with Crippen molar-refractivity contribution in [3.8, 4) is 11.5 Å². The Balaban J connectivity index is 1.51. The molecule has 1 heterocycles. The average molecular weight is 326 g/mol. The van der Waals surface area contributed by atoms with Crippen LogP contribution in [0, 0.1) is 0 Å². The van der Waals surface area contributed by atoms with Crippen LogP contribution < -0.4 is 9.47 Å². The Morgan fingerprint density at radius 2 is 1.83 bits per heavy atom. The van der Waals surface area contributed by atoms with Crippen LogP contribution >= 0.6 is 0 Å². The molecule has 0 aromatic heterocycles. The first-order chi connectivity index (χ1) is 11.6. The molecular formula is C19H18O5. The predicted molar refractivity (Wildman–Crippen MR) is 87.2 cm³/mol. The van der Waals surface area contributed by atoms with E-state index in [0.29, 0.717) is 23.5 Å². The number of carbonyl (C=O) groups excluding carboxylic acids is 2. The number of aryl methyl sites for hydroxylation is 1. The lowest BCUT2D eigenvalue weighted by Gasteiger charge is -2.12. The maximum Gasteiger partial charge on any atom is 0.306 e. The van der Waals surface area contributed by atoms with Gasteiger partial charge in [0.1, 0.15) is 0 Å². The van der Waals surface area contributed by atoms with Gasteiger partial charge in [0.2, 0.25) is 12.6 Å². The highest BCUT2D eigenvalue weighted by molar-refractivity contribution is 6.00. The molecule has 5 nitrogen and oxygen atoms in total. The minimum absolute atomic E-state index is 0.200. The van der Waals surface area contributed by atoms with Crippen molar-refractivity contribution < 1.29 is 23.8 Å². The molecule has 0 spiro atoms. The third-order valence-electron chi connectivity index (χ3n) is 3.79. The van der Waals surface area contributed by atoms with Crippen molar-refractivity contribution in [1.29, 1.82) is 0 Å². The van der Waals surface area contributed by atoms with Gasteiger partial charge in [-0.1, -0.05) is 36.4 Å². The number of ether oxygens (including phenoxy) is 3. The maximum absolute atomic E-state index is 12.2. The van der Waals surface area contributed by atoms with Gasteiger partial charge in [-0.2, -0.15) is 0 Å². The summed E-state index contributed by atoms with van der Waals surface area (Å²) in [6.45, 7) is 1.81. The van der Waals surface area contributed by atoms with Crippen LogP contribution in [0.5, 0.6) is 11.5 Å². The zero-order valence-electron chi connectivity index (χ0n) is 13.4. The standard InChI is InChI=1S/C19H18O5/c1-13(19(21)15-5-3-2-4-6-15)24-18(20)10-8-14-7-9-16-17(11-14)23-12-22-16/h2-7,9,11,13H,8,10,12H2,1H3/t13-/m0/s1. The number of Topliss-reactive ketones (excluding diaryl/α,β-unsaturated/α-hetero) is 1. The zero-order chi connectivity index (χ0) is 16.9. The van der Waals surface area contributed by atoms with Crippen molar-refractivity contribution in [2.75, 3.05) is 6.79 Å². The number of ketones is 1. The Bertz CT molecular complexity index is 739. The fourth-order valence-electron chi connectivity index (χ4n) is 2.49. The summed E-state index contributed by atoms with van der Waals surface area (Å²) in [6.07, 6.45) is -0.0787. The molecule has 1 atom stereocenters. The van der Waals surface area contributed by atoms with E-state index in [4.69, 9.17) is 14.2 Å². The summed E-state index contributed by atoms with van der Waals surface area (Å²) in [4.78, 5) is 24.1. The number of benzene rings is 2. The van der Waals surface area contributed by atoms with E-state index in [9.17, 15) is 9.59 Å². The highest BCUT2D eigenvalue weighted by Crippen LogP contribution is 2.32. The summed E-state index contributed by atoms with van der Waals surface area (Å²) in [5.74, 6) is 0.799. The van der Waals surface area contributed by atoms with Crippen LogP contribution in [0.4, 0.5) is 0 Å². The fraction of sp³-hybridized carbons (Fsp3) is 0.263. The van der Waals surface area contributed by atoms with E-state index >= 15 is 0 Å². The van der Waals surface area contributed by atoms with Crippen molar-refractivity contribution in [3.63, 3.8) is 0 Å². The molecule has 124 valence electrons. The third kappa shape index (κ3) is 3.74. The van der Waals surface area contributed by atoms with Gasteiger partial charge in [-0.15, -0.1) is 0 Å². The van der Waals surface area contributed by atoms with Crippen molar-refractivity contribution >= 4 is 11.8 Å². The molecule has 0 fully saturated rings. The molecule has 1 aliphatic rings. The van der Waals surface area contributed by atoms with Crippen LogP contribution in [-0.4, -0.2) is 24.6 Å². The molecule has 0 aliphatic carbocycles.